The number of phenols is 1. The van der Waals surface area contributed by atoms with Gasteiger partial charge >= 0.3 is 5.97 Å². The number of anilines is 2. The monoisotopic (exact) mass is 658 g/mol. The van der Waals surface area contributed by atoms with Crippen molar-refractivity contribution in [3.63, 3.8) is 0 Å². The molecule has 4 aliphatic rings. The zero-order valence-corrected chi connectivity index (χ0v) is 25.9. The molecule has 12 heteroatoms. The lowest BCUT2D eigenvalue weighted by molar-refractivity contribution is -0.131. The second-order valence-electron chi connectivity index (χ2n) is 12.6. The molecule has 0 aromatic heterocycles. The number of fused-ring (bicyclic) bond motifs is 4. The number of allylic oxidation sites excluding steroid dienone is 2. The summed E-state index contributed by atoms with van der Waals surface area (Å²) < 4.78 is 19.5. The van der Waals surface area contributed by atoms with Crippen molar-refractivity contribution in [3.8, 4) is 11.5 Å². The molecular weight excluding hydrogens is 631 g/mol. The predicted octanol–water partition coefficient (Wildman–Crippen LogP) is 5.33. The number of rotatable bonds is 5. The molecule has 10 nitrogen and oxygen atoms in total. The number of ether oxygens (including phenoxy) is 1. The van der Waals surface area contributed by atoms with Crippen molar-refractivity contribution < 1.29 is 43.3 Å². The van der Waals surface area contributed by atoms with Crippen LogP contribution >= 0.6 is 11.6 Å². The lowest BCUT2D eigenvalue weighted by atomic mass is 9.51. The number of phenolic OH excluding ortho intramolecular Hbond substituents is 1. The van der Waals surface area contributed by atoms with E-state index in [-0.39, 0.29) is 46.3 Å². The molecule has 3 aromatic carbocycles. The van der Waals surface area contributed by atoms with Gasteiger partial charge < -0.3 is 14.9 Å². The first-order chi connectivity index (χ1) is 22.4. The third-order valence-corrected chi connectivity index (χ3v) is 10.6. The van der Waals surface area contributed by atoms with Gasteiger partial charge in [-0.15, -0.1) is 0 Å². The number of nitrogens with zero attached hydrogens (tertiary/aromatic N) is 2. The SMILES string of the molecule is COc1cc(C2C3=CCC4C(=O)N(c5cccc(C(=O)O)c5)C(=O)C4C3CC3C(=O)N(c4ccc(F)c(Cl)c4)C(=O)C32C)ccc1O. The Balaban J connectivity index is 1.37. The van der Waals surface area contributed by atoms with Gasteiger partial charge in [0.05, 0.1) is 52.2 Å². The molecular formula is C35H28ClFN2O8. The Hall–Kier alpha value is -5.03. The molecule has 2 aliphatic carbocycles. The van der Waals surface area contributed by atoms with Gasteiger partial charge in [-0.3, -0.25) is 24.1 Å². The number of carboxylic acid groups (broad SMARTS) is 1. The van der Waals surface area contributed by atoms with Crippen LogP contribution in [0.2, 0.25) is 5.02 Å². The summed E-state index contributed by atoms with van der Waals surface area (Å²) in [6.07, 6.45) is 2.13. The lowest BCUT2D eigenvalue weighted by Gasteiger charge is -2.49. The molecule has 6 atom stereocenters. The highest BCUT2D eigenvalue weighted by molar-refractivity contribution is 6.32. The van der Waals surface area contributed by atoms with E-state index < -0.39 is 70.4 Å². The van der Waals surface area contributed by atoms with E-state index in [0.29, 0.717) is 11.1 Å². The van der Waals surface area contributed by atoms with Gasteiger partial charge in [0.25, 0.3) is 0 Å². The van der Waals surface area contributed by atoms with Gasteiger partial charge in [-0.25, -0.2) is 14.1 Å². The zero-order chi connectivity index (χ0) is 33.5. The van der Waals surface area contributed by atoms with Gasteiger partial charge in [0.2, 0.25) is 23.6 Å². The van der Waals surface area contributed by atoms with Crippen LogP contribution in [0, 0.1) is 34.9 Å². The number of imide groups is 2. The van der Waals surface area contributed by atoms with Gasteiger partial charge in [0.1, 0.15) is 5.82 Å². The van der Waals surface area contributed by atoms with Crippen molar-refractivity contribution >= 4 is 52.6 Å². The normalized spacial score (nSPS) is 28.2. The number of carbonyl (C=O) groups excluding carboxylic acids is 4. The first kappa shape index (κ1) is 30.6. The van der Waals surface area contributed by atoms with E-state index in [0.717, 1.165) is 15.9 Å². The Labute approximate surface area is 273 Å². The Morgan fingerprint density at radius 2 is 1.70 bits per heavy atom. The molecule has 4 amide bonds. The third kappa shape index (κ3) is 4.32. The maximum Gasteiger partial charge on any atom is 0.335 e. The summed E-state index contributed by atoms with van der Waals surface area (Å²) in [6.45, 7) is 1.70. The number of methoxy groups -OCH3 is 1. The molecule has 2 heterocycles. The molecule has 0 spiro atoms. The van der Waals surface area contributed by atoms with Crippen LogP contribution in [0.5, 0.6) is 11.5 Å². The smallest absolute Gasteiger partial charge is 0.335 e. The largest absolute Gasteiger partial charge is 0.504 e. The van der Waals surface area contributed by atoms with E-state index in [2.05, 4.69) is 0 Å². The Kier molecular flexibility index (Phi) is 7.01. The standard InChI is InChI=1S/C35H28ClFN2O8/c1-35-23(31(42)39(34(35)46)19-7-10-25(37)24(36)14-19)15-22-20(29(35)16-6-11-26(40)27(13-16)47-2)8-9-21-28(22)32(43)38(30(21)41)18-5-3-4-17(12-18)33(44)45/h3-8,10-14,21-23,28-29,40H,9,15H2,1-2H3,(H,44,45). The van der Waals surface area contributed by atoms with Crippen molar-refractivity contribution in [1.29, 1.82) is 0 Å². The molecule has 7 rings (SSSR count). The van der Waals surface area contributed by atoms with Crippen LogP contribution in [-0.4, -0.2) is 46.9 Å². The van der Waals surface area contributed by atoms with Crippen LogP contribution < -0.4 is 14.5 Å². The van der Waals surface area contributed by atoms with Gasteiger partial charge in [-0.05, 0) is 79.8 Å². The third-order valence-electron chi connectivity index (χ3n) is 10.3. The van der Waals surface area contributed by atoms with E-state index in [1.807, 2.05) is 6.08 Å². The molecule has 2 aliphatic heterocycles. The van der Waals surface area contributed by atoms with E-state index in [9.17, 15) is 38.6 Å². The molecule has 47 heavy (non-hydrogen) atoms. The lowest BCUT2D eigenvalue weighted by Crippen LogP contribution is -2.48. The molecule has 6 unspecified atom stereocenters. The summed E-state index contributed by atoms with van der Waals surface area (Å²) in [7, 11) is 1.39. The molecule has 3 fully saturated rings. The highest BCUT2D eigenvalue weighted by Crippen LogP contribution is 2.64. The van der Waals surface area contributed by atoms with E-state index in [1.54, 1.807) is 19.1 Å². The van der Waals surface area contributed by atoms with Crippen LogP contribution in [0.25, 0.3) is 0 Å². The minimum Gasteiger partial charge on any atom is -0.504 e. The van der Waals surface area contributed by atoms with Crippen molar-refractivity contribution in [2.24, 2.45) is 29.1 Å². The van der Waals surface area contributed by atoms with Crippen molar-refractivity contribution in [2.75, 3.05) is 16.9 Å². The predicted molar refractivity (Wildman–Crippen MR) is 167 cm³/mol. The number of carboxylic acids is 1. The fourth-order valence-electron chi connectivity index (χ4n) is 8.17. The molecule has 3 aromatic rings. The summed E-state index contributed by atoms with van der Waals surface area (Å²) in [6, 6.07) is 13.9. The number of carbonyl (C=O) groups is 5. The summed E-state index contributed by atoms with van der Waals surface area (Å²) >= 11 is 6.05. The van der Waals surface area contributed by atoms with Crippen LogP contribution in [0.1, 0.15) is 41.6 Å². The average molecular weight is 659 g/mol. The maximum absolute atomic E-state index is 14.5. The van der Waals surface area contributed by atoms with Gasteiger partial charge in [-0.1, -0.05) is 35.4 Å². The molecule has 0 radical (unpaired) electrons. The topological polar surface area (TPSA) is 142 Å². The molecule has 1 saturated carbocycles. The number of aromatic hydroxyl groups is 1. The summed E-state index contributed by atoms with van der Waals surface area (Å²) in [5.74, 6) is -7.94. The maximum atomic E-state index is 14.5. The van der Waals surface area contributed by atoms with Crippen LogP contribution in [0.3, 0.4) is 0 Å². The fraction of sp³-hybridized carbons (Fsp3) is 0.286. The first-order valence-corrected chi connectivity index (χ1v) is 15.4. The van der Waals surface area contributed by atoms with Crippen LogP contribution in [-0.2, 0) is 19.2 Å². The Morgan fingerprint density at radius 1 is 0.957 bits per heavy atom. The number of benzene rings is 3. The average Bonchev–Trinajstić information content (AvgIpc) is 3.42. The minimum atomic E-state index is -1.38. The number of amides is 4. The number of aromatic carboxylic acids is 1. The van der Waals surface area contributed by atoms with Gasteiger partial charge in [0.15, 0.2) is 11.5 Å². The van der Waals surface area contributed by atoms with Crippen LogP contribution in [0.15, 0.2) is 72.3 Å². The molecule has 240 valence electrons. The molecule has 0 bridgehead atoms. The second kappa shape index (κ2) is 10.8. The van der Waals surface area contributed by atoms with E-state index >= 15 is 0 Å². The van der Waals surface area contributed by atoms with Crippen LogP contribution in [0.4, 0.5) is 15.8 Å². The molecule has 2 N–H and O–H groups in total. The number of hydrogen-bond donors (Lipinski definition) is 2. The van der Waals surface area contributed by atoms with Crippen molar-refractivity contribution in [3.05, 3.63) is 94.3 Å². The number of halogens is 2. The highest BCUT2D eigenvalue weighted by atomic mass is 35.5. The molecule has 2 saturated heterocycles. The van der Waals surface area contributed by atoms with E-state index in [1.165, 1.54) is 49.6 Å². The van der Waals surface area contributed by atoms with Gasteiger partial charge in [-0.2, -0.15) is 0 Å². The number of hydrogen-bond acceptors (Lipinski definition) is 7. The van der Waals surface area contributed by atoms with Gasteiger partial charge in [0, 0.05) is 5.92 Å². The van der Waals surface area contributed by atoms with Crippen molar-refractivity contribution in [1.82, 2.24) is 0 Å². The Bertz CT molecular complexity index is 1960. The summed E-state index contributed by atoms with van der Waals surface area (Å²) in [5.41, 5.74) is 0.0570. The minimum absolute atomic E-state index is 0.0766. The first-order valence-electron chi connectivity index (χ1n) is 15.0. The highest BCUT2D eigenvalue weighted by Gasteiger charge is 2.67. The zero-order valence-electron chi connectivity index (χ0n) is 25.1. The Morgan fingerprint density at radius 3 is 2.40 bits per heavy atom. The quantitative estimate of drug-likeness (QED) is 0.277. The fourth-order valence-corrected chi connectivity index (χ4v) is 8.35. The van der Waals surface area contributed by atoms with E-state index in [4.69, 9.17) is 16.3 Å². The summed E-state index contributed by atoms with van der Waals surface area (Å²) in [5, 5.41) is 19.6. The van der Waals surface area contributed by atoms with Crippen molar-refractivity contribution in [2.45, 2.75) is 25.7 Å². The summed E-state index contributed by atoms with van der Waals surface area (Å²) in [4.78, 5) is 70.5. The second-order valence-corrected chi connectivity index (χ2v) is 13.0.